The van der Waals surface area contributed by atoms with Gasteiger partial charge in [0.15, 0.2) is 11.4 Å². The van der Waals surface area contributed by atoms with E-state index >= 15 is 0 Å². The number of benzene rings is 1. The Labute approximate surface area is 127 Å². The summed E-state index contributed by atoms with van der Waals surface area (Å²) < 4.78 is 5.82. The van der Waals surface area contributed by atoms with Gasteiger partial charge in [-0.05, 0) is 25.0 Å². The second kappa shape index (κ2) is 5.29. The average Bonchev–Trinajstić information content (AvgIpc) is 2.82. The number of hydrogen-bond acceptors (Lipinski definition) is 5. The number of anilines is 1. The number of rotatable bonds is 4. The summed E-state index contributed by atoms with van der Waals surface area (Å²) in [6.45, 7) is 5.46. The minimum atomic E-state index is -0.921. The maximum Gasteiger partial charge on any atom is 0.326 e. The highest BCUT2D eigenvalue weighted by Crippen LogP contribution is 2.31. The monoisotopic (exact) mass is 299 g/mol. The van der Waals surface area contributed by atoms with Crippen molar-refractivity contribution in [3.8, 4) is 0 Å². The lowest BCUT2D eigenvalue weighted by atomic mass is 10.0. The second-order valence-electron chi connectivity index (χ2n) is 5.60. The topological polar surface area (TPSA) is 88.2 Å². The van der Waals surface area contributed by atoms with Crippen LogP contribution in [0.5, 0.6) is 0 Å². The number of furan rings is 1. The van der Waals surface area contributed by atoms with Crippen LogP contribution in [0.2, 0.25) is 0 Å². The molecule has 0 saturated carbocycles. The average molecular weight is 299 g/mol. The third-order valence-corrected chi connectivity index (χ3v) is 3.56. The van der Waals surface area contributed by atoms with Crippen molar-refractivity contribution in [2.45, 2.75) is 26.8 Å². The summed E-state index contributed by atoms with van der Waals surface area (Å²) in [7, 11) is 0. The molecule has 2 aromatic heterocycles. The summed E-state index contributed by atoms with van der Waals surface area (Å²) in [5.41, 5.74) is 1.88. The second-order valence-corrected chi connectivity index (χ2v) is 5.60. The van der Waals surface area contributed by atoms with Crippen molar-refractivity contribution in [2.75, 3.05) is 5.32 Å². The van der Waals surface area contributed by atoms with Gasteiger partial charge in [0.1, 0.15) is 23.0 Å². The number of carboxylic acid groups (broad SMARTS) is 1. The Morgan fingerprint density at radius 2 is 2.00 bits per heavy atom. The molecule has 1 atom stereocenters. The van der Waals surface area contributed by atoms with E-state index < -0.39 is 12.0 Å². The van der Waals surface area contributed by atoms with E-state index in [0.717, 1.165) is 5.39 Å². The molecule has 1 unspecified atom stereocenters. The molecule has 6 nitrogen and oxygen atoms in total. The van der Waals surface area contributed by atoms with Crippen LogP contribution in [0.3, 0.4) is 0 Å². The summed E-state index contributed by atoms with van der Waals surface area (Å²) in [4.78, 5) is 20.2. The van der Waals surface area contributed by atoms with Gasteiger partial charge in [0.2, 0.25) is 0 Å². The number of fused-ring (bicyclic) bond motifs is 3. The van der Waals surface area contributed by atoms with Crippen LogP contribution in [-0.2, 0) is 4.79 Å². The van der Waals surface area contributed by atoms with Crippen LogP contribution in [-0.4, -0.2) is 27.1 Å². The first-order valence-electron chi connectivity index (χ1n) is 7.12. The zero-order chi connectivity index (χ0) is 15.9. The molecule has 0 amide bonds. The molecule has 0 saturated heterocycles. The van der Waals surface area contributed by atoms with Crippen molar-refractivity contribution in [3.63, 3.8) is 0 Å². The largest absolute Gasteiger partial charge is 0.480 e. The third kappa shape index (κ3) is 2.36. The molecule has 0 bridgehead atoms. The molecule has 6 heteroatoms. The van der Waals surface area contributed by atoms with E-state index in [0.29, 0.717) is 28.3 Å². The number of hydrogen-bond donors (Lipinski definition) is 2. The van der Waals surface area contributed by atoms with E-state index in [-0.39, 0.29) is 5.92 Å². The lowest BCUT2D eigenvalue weighted by Gasteiger charge is -2.18. The number of carbonyl (C=O) groups is 1. The van der Waals surface area contributed by atoms with Crippen LogP contribution in [0.1, 0.15) is 19.7 Å². The number of carboxylic acids is 1. The molecule has 2 N–H and O–H groups in total. The Balaban J connectivity index is 2.18. The number of aromatic nitrogens is 2. The molecule has 22 heavy (non-hydrogen) atoms. The van der Waals surface area contributed by atoms with E-state index in [1.807, 2.05) is 38.1 Å². The fourth-order valence-corrected chi connectivity index (χ4v) is 2.46. The van der Waals surface area contributed by atoms with E-state index in [1.54, 1.807) is 6.92 Å². The van der Waals surface area contributed by atoms with Gasteiger partial charge in [0.05, 0.1) is 0 Å². The van der Waals surface area contributed by atoms with Crippen molar-refractivity contribution < 1.29 is 14.3 Å². The molecular formula is C16H17N3O3. The van der Waals surface area contributed by atoms with Crippen LogP contribution in [0.4, 0.5) is 5.82 Å². The van der Waals surface area contributed by atoms with E-state index in [2.05, 4.69) is 15.3 Å². The van der Waals surface area contributed by atoms with Crippen LogP contribution in [0, 0.1) is 12.8 Å². The molecule has 0 spiro atoms. The van der Waals surface area contributed by atoms with Gasteiger partial charge in [-0.25, -0.2) is 14.8 Å². The first kappa shape index (κ1) is 14.3. The minimum Gasteiger partial charge on any atom is -0.480 e. The molecule has 0 aliphatic rings. The number of nitrogens with zero attached hydrogens (tertiary/aromatic N) is 2. The molecule has 3 rings (SSSR count). The van der Waals surface area contributed by atoms with Crippen LogP contribution >= 0.6 is 0 Å². The predicted molar refractivity (Wildman–Crippen MR) is 83.9 cm³/mol. The Hall–Kier alpha value is -2.63. The van der Waals surface area contributed by atoms with Crippen LogP contribution in [0.15, 0.2) is 28.7 Å². The van der Waals surface area contributed by atoms with Gasteiger partial charge in [-0.15, -0.1) is 0 Å². The number of aryl methyl sites for hydroxylation is 1. The third-order valence-electron chi connectivity index (χ3n) is 3.56. The van der Waals surface area contributed by atoms with Crippen molar-refractivity contribution >= 4 is 33.9 Å². The Morgan fingerprint density at radius 1 is 1.27 bits per heavy atom. The van der Waals surface area contributed by atoms with Gasteiger partial charge in [0.25, 0.3) is 0 Å². The molecule has 2 heterocycles. The summed E-state index contributed by atoms with van der Waals surface area (Å²) in [5.74, 6) is -0.0306. The summed E-state index contributed by atoms with van der Waals surface area (Å²) >= 11 is 0. The zero-order valence-electron chi connectivity index (χ0n) is 12.6. The quantitative estimate of drug-likeness (QED) is 0.769. The normalized spacial score (nSPS) is 12.9. The standard InChI is InChI=1S/C16H17N3O3/c1-8(2)12(16(20)21)19-15-14-13(17-9(3)18-15)10-6-4-5-7-11(10)22-14/h4-8,12H,1-3H3,(H,20,21)(H,17,18,19). The molecule has 3 aromatic rings. The van der Waals surface area contributed by atoms with Crippen LogP contribution in [0.25, 0.3) is 22.1 Å². The highest BCUT2D eigenvalue weighted by atomic mass is 16.4. The SMILES string of the molecule is Cc1nc(NC(C(=O)O)C(C)C)c2oc3ccccc3c2n1. The predicted octanol–water partition coefficient (Wildman–Crippen LogP) is 3.21. The van der Waals surface area contributed by atoms with Crippen molar-refractivity contribution in [1.82, 2.24) is 9.97 Å². The van der Waals surface area contributed by atoms with Crippen molar-refractivity contribution in [2.24, 2.45) is 5.92 Å². The Morgan fingerprint density at radius 3 is 2.68 bits per heavy atom. The molecule has 114 valence electrons. The highest BCUT2D eigenvalue weighted by Gasteiger charge is 2.24. The van der Waals surface area contributed by atoms with E-state index in [1.165, 1.54) is 0 Å². The van der Waals surface area contributed by atoms with Gasteiger partial charge in [-0.3, -0.25) is 0 Å². The summed E-state index contributed by atoms with van der Waals surface area (Å²) in [5, 5.41) is 13.2. The first-order chi connectivity index (χ1) is 10.5. The smallest absolute Gasteiger partial charge is 0.326 e. The fraction of sp³-hybridized carbons (Fsp3) is 0.312. The molecule has 0 aliphatic carbocycles. The zero-order valence-corrected chi connectivity index (χ0v) is 12.6. The maximum absolute atomic E-state index is 11.4. The number of aliphatic carboxylic acids is 1. The Bertz CT molecular complexity index is 854. The van der Waals surface area contributed by atoms with E-state index in [4.69, 9.17) is 4.42 Å². The fourth-order valence-electron chi connectivity index (χ4n) is 2.46. The molecule has 0 fully saturated rings. The molecule has 0 radical (unpaired) electrons. The van der Waals surface area contributed by atoms with Gasteiger partial charge < -0.3 is 14.8 Å². The van der Waals surface area contributed by atoms with Gasteiger partial charge in [0, 0.05) is 5.39 Å². The van der Waals surface area contributed by atoms with Gasteiger partial charge in [-0.1, -0.05) is 26.0 Å². The lowest BCUT2D eigenvalue weighted by Crippen LogP contribution is -2.34. The van der Waals surface area contributed by atoms with Gasteiger partial charge in [-0.2, -0.15) is 0 Å². The molecule has 1 aromatic carbocycles. The van der Waals surface area contributed by atoms with Gasteiger partial charge >= 0.3 is 5.97 Å². The molecular weight excluding hydrogens is 282 g/mol. The minimum absolute atomic E-state index is 0.0906. The number of nitrogens with one attached hydrogen (secondary N) is 1. The highest BCUT2D eigenvalue weighted by molar-refractivity contribution is 6.05. The Kier molecular flexibility index (Phi) is 3.44. The molecule has 0 aliphatic heterocycles. The summed E-state index contributed by atoms with van der Waals surface area (Å²) in [6.07, 6.45) is 0. The maximum atomic E-state index is 11.4. The first-order valence-corrected chi connectivity index (χ1v) is 7.12. The van der Waals surface area contributed by atoms with Crippen molar-refractivity contribution in [1.29, 1.82) is 0 Å². The van der Waals surface area contributed by atoms with Crippen LogP contribution < -0.4 is 5.32 Å². The summed E-state index contributed by atoms with van der Waals surface area (Å²) in [6, 6.07) is 6.83. The number of para-hydroxylation sites is 1. The lowest BCUT2D eigenvalue weighted by molar-refractivity contribution is -0.138. The van der Waals surface area contributed by atoms with Crippen molar-refractivity contribution in [3.05, 3.63) is 30.1 Å². The van der Waals surface area contributed by atoms with E-state index in [9.17, 15) is 9.90 Å².